The molecule has 0 aliphatic heterocycles. The summed E-state index contributed by atoms with van der Waals surface area (Å²) < 4.78 is 26.8. The number of aliphatic imine (C=N–C) groups is 1. The zero-order valence-electron chi connectivity index (χ0n) is 15.4. The van der Waals surface area contributed by atoms with Crippen molar-refractivity contribution in [3.63, 3.8) is 0 Å². The van der Waals surface area contributed by atoms with Gasteiger partial charge in [-0.05, 0) is 29.8 Å². The molecule has 2 N–H and O–H groups in total. The summed E-state index contributed by atoms with van der Waals surface area (Å²) in [6.07, 6.45) is 2.83. The molecule has 2 rings (SSSR count). The molecule has 0 amide bonds. The van der Waals surface area contributed by atoms with Gasteiger partial charge in [0.05, 0.1) is 10.0 Å². The summed E-state index contributed by atoms with van der Waals surface area (Å²) in [6, 6.07) is 8.51. The molecule has 0 unspecified atom stereocenters. The predicted octanol–water partition coefficient (Wildman–Crippen LogP) is 2.99. The topological polar surface area (TPSA) is 86.7 Å². The Balaban J connectivity index is 0.00000392. The molecule has 0 fully saturated rings. The first-order valence-electron chi connectivity index (χ1n) is 8.09. The van der Waals surface area contributed by atoms with E-state index in [0.717, 1.165) is 5.56 Å². The number of halogens is 3. The highest BCUT2D eigenvalue weighted by Crippen LogP contribution is 2.23. The van der Waals surface area contributed by atoms with Gasteiger partial charge in [-0.3, -0.25) is 9.98 Å². The zero-order chi connectivity index (χ0) is 19.9. The second-order valence-electron chi connectivity index (χ2n) is 5.67. The van der Waals surface area contributed by atoms with E-state index in [4.69, 9.17) is 23.2 Å². The summed E-state index contributed by atoms with van der Waals surface area (Å²) in [7, 11) is -0.0429. The van der Waals surface area contributed by atoms with E-state index in [9.17, 15) is 8.42 Å². The van der Waals surface area contributed by atoms with Crippen molar-refractivity contribution in [3.8, 4) is 0 Å². The highest BCUT2D eigenvalue weighted by molar-refractivity contribution is 14.0. The summed E-state index contributed by atoms with van der Waals surface area (Å²) in [5.41, 5.74) is 0.979. The Labute approximate surface area is 192 Å². The van der Waals surface area contributed by atoms with E-state index in [1.54, 1.807) is 25.2 Å². The standard InChI is InChI=1S/C17H21Cl2N5O2S.HI/c1-20-17(24(2)12-13-5-6-15(18)16(19)10-13)22-8-9-23-27(25,26)14-4-3-7-21-11-14;/h3-7,10-11,23H,8-9,12H2,1-2H3,(H,20,22);1H. The number of hydrogen-bond acceptors (Lipinski definition) is 4. The highest BCUT2D eigenvalue weighted by atomic mass is 127. The Bertz CT molecular complexity index is 898. The maximum absolute atomic E-state index is 12.1. The number of nitrogens with zero attached hydrogens (tertiary/aromatic N) is 3. The van der Waals surface area contributed by atoms with Gasteiger partial charge in [-0.25, -0.2) is 13.1 Å². The molecule has 0 atom stereocenters. The minimum Gasteiger partial charge on any atom is -0.355 e. The van der Waals surface area contributed by atoms with Crippen LogP contribution in [0.25, 0.3) is 0 Å². The number of nitrogens with one attached hydrogen (secondary N) is 2. The van der Waals surface area contributed by atoms with Crippen LogP contribution in [0.3, 0.4) is 0 Å². The van der Waals surface area contributed by atoms with Gasteiger partial charge < -0.3 is 10.2 Å². The quantitative estimate of drug-likeness (QED) is 0.236. The predicted molar refractivity (Wildman–Crippen MR) is 124 cm³/mol. The molecule has 28 heavy (non-hydrogen) atoms. The van der Waals surface area contributed by atoms with Crippen molar-refractivity contribution in [1.29, 1.82) is 0 Å². The Kier molecular flexibility index (Phi) is 10.5. The maximum atomic E-state index is 12.1. The molecule has 1 aromatic heterocycles. The molecule has 0 saturated heterocycles. The van der Waals surface area contributed by atoms with E-state index < -0.39 is 10.0 Å². The van der Waals surface area contributed by atoms with Crippen molar-refractivity contribution < 1.29 is 8.42 Å². The molecule has 154 valence electrons. The van der Waals surface area contributed by atoms with E-state index in [-0.39, 0.29) is 35.4 Å². The second-order valence-corrected chi connectivity index (χ2v) is 8.25. The normalized spacial score (nSPS) is 11.6. The second kappa shape index (κ2) is 11.8. The molecule has 0 spiro atoms. The minimum atomic E-state index is -3.58. The molecule has 0 radical (unpaired) electrons. The third-order valence-electron chi connectivity index (χ3n) is 3.62. The van der Waals surface area contributed by atoms with Crippen molar-refractivity contribution >= 4 is 63.2 Å². The van der Waals surface area contributed by atoms with E-state index in [2.05, 4.69) is 20.0 Å². The van der Waals surface area contributed by atoms with Crippen LogP contribution in [-0.4, -0.2) is 51.4 Å². The first-order chi connectivity index (χ1) is 12.8. The number of sulfonamides is 1. The molecule has 1 aromatic carbocycles. The monoisotopic (exact) mass is 557 g/mol. The van der Waals surface area contributed by atoms with Crippen LogP contribution in [0.1, 0.15) is 5.56 Å². The Morgan fingerprint density at radius 1 is 1.21 bits per heavy atom. The van der Waals surface area contributed by atoms with Gasteiger partial charge >= 0.3 is 0 Å². The summed E-state index contributed by atoms with van der Waals surface area (Å²) in [5.74, 6) is 0.627. The minimum absolute atomic E-state index is 0. The average Bonchev–Trinajstić information content (AvgIpc) is 2.65. The van der Waals surface area contributed by atoms with E-state index >= 15 is 0 Å². The fourth-order valence-electron chi connectivity index (χ4n) is 2.32. The van der Waals surface area contributed by atoms with Crippen molar-refractivity contribution in [2.45, 2.75) is 11.4 Å². The number of hydrogen-bond donors (Lipinski definition) is 2. The van der Waals surface area contributed by atoms with Crippen molar-refractivity contribution in [2.24, 2.45) is 4.99 Å². The van der Waals surface area contributed by atoms with Crippen molar-refractivity contribution in [2.75, 3.05) is 27.2 Å². The summed E-state index contributed by atoms with van der Waals surface area (Å²) in [5, 5.41) is 4.12. The summed E-state index contributed by atoms with van der Waals surface area (Å²) >= 11 is 12.0. The molecule has 0 aliphatic rings. The Hall–Kier alpha value is -1.14. The first kappa shape index (κ1) is 24.9. The van der Waals surface area contributed by atoms with Crippen LogP contribution >= 0.6 is 47.2 Å². The van der Waals surface area contributed by atoms with Crippen molar-refractivity contribution in [3.05, 3.63) is 58.3 Å². The highest BCUT2D eigenvalue weighted by Gasteiger charge is 2.13. The third-order valence-corrected chi connectivity index (χ3v) is 5.81. The zero-order valence-corrected chi connectivity index (χ0v) is 20.1. The van der Waals surface area contributed by atoms with Gasteiger partial charge in [-0.1, -0.05) is 29.3 Å². The number of pyridine rings is 1. The Morgan fingerprint density at radius 3 is 2.57 bits per heavy atom. The molecule has 11 heteroatoms. The number of benzene rings is 1. The third kappa shape index (κ3) is 7.36. The lowest BCUT2D eigenvalue weighted by atomic mass is 10.2. The fourth-order valence-corrected chi connectivity index (χ4v) is 3.64. The smallest absolute Gasteiger partial charge is 0.242 e. The SMILES string of the molecule is CN=C(NCCNS(=O)(=O)c1cccnc1)N(C)Cc1ccc(Cl)c(Cl)c1.I. The lowest BCUT2D eigenvalue weighted by molar-refractivity contribution is 0.477. The largest absolute Gasteiger partial charge is 0.355 e. The summed E-state index contributed by atoms with van der Waals surface area (Å²) in [4.78, 5) is 10.0. The van der Waals surface area contributed by atoms with Crippen LogP contribution in [0.2, 0.25) is 10.0 Å². The van der Waals surface area contributed by atoms with Gasteiger partial charge in [-0.15, -0.1) is 24.0 Å². The molecule has 1 heterocycles. The number of guanidine groups is 1. The lowest BCUT2D eigenvalue weighted by Crippen LogP contribution is -2.42. The van der Waals surface area contributed by atoms with Gasteiger partial charge in [0.25, 0.3) is 0 Å². The molecule has 0 saturated carbocycles. The van der Waals surface area contributed by atoms with Gasteiger partial charge in [0, 0.05) is 46.1 Å². The lowest BCUT2D eigenvalue weighted by Gasteiger charge is -2.22. The van der Waals surface area contributed by atoms with Gasteiger partial charge in [0.1, 0.15) is 4.90 Å². The molecular weight excluding hydrogens is 536 g/mol. The molecule has 7 nitrogen and oxygen atoms in total. The van der Waals surface area contributed by atoms with Crippen LogP contribution in [0, 0.1) is 0 Å². The van der Waals surface area contributed by atoms with Crippen LogP contribution < -0.4 is 10.0 Å². The van der Waals surface area contributed by atoms with Crippen LogP contribution in [-0.2, 0) is 16.6 Å². The molecule has 0 aliphatic carbocycles. The van der Waals surface area contributed by atoms with E-state index in [1.165, 1.54) is 18.5 Å². The van der Waals surface area contributed by atoms with Crippen molar-refractivity contribution in [1.82, 2.24) is 19.9 Å². The molecule has 2 aromatic rings. The first-order valence-corrected chi connectivity index (χ1v) is 10.3. The molecular formula is C17H22Cl2IN5O2S. The van der Waals surface area contributed by atoms with Gasteiger partial charge in [-0.2, -0.15) is 0 Å². The summed E-state index contributed by atoms with van der Waals surface area (Å²) in [6.45, 7) is 1.15. The van der Waals surface area contributed by atoms with E-state index in [0.29, 0.717) is 29.1 Å². The van der Waals surface area contributed by atoms with Crippen LogP contribution in [0.15, 0.2) is 52.6 Å². The number of aromatic nitrogens is 1. The average molecular weight is 558 g/mol. The van der Waals surface area contributed by atoms with Crippen LogP contribution in [0.4, 0.5) is 0 Å². The molecule has 0 bridgehead atoms. The van der Waals surface area contributed by atoms with Gasteiger partial charge in [0.15, 0.2) is 5.96 Å². The van der Waals surface area contributed by atoms with E-state index in [1.807, 2.05) is 18.0 Å². The fraction of sp³-hybridized carbons (Fsp3) is 0.294. The number of rotatable bonds is 7. The van der Waals surface area contributed by atoms with Gasteiger partial charge in [0.2, 0.25) is 10.0 Å². The van der Waals surface area contributed by atoms with Crippen LogP contribution in [0.5, 0.6) is 0 Å². The maximum Gasteiger partial charge on any atom is 0.242 e. The Morgan fingerprint density at radius 2 is 1.96 bits per heavy atom.